The number of aryl methyl sites for hydroxylation is 2. The Morgan fingerprint density at radius 2 is 2.05 bits per heavy atom. The molecule has 1 aliphatic heterocycles. The smallest absolute Gasteiger partial charge is 0.319 e. The number of hydrogen-bond donors (Lipinski definition) is 3. The summed E-state index contributed by atoms with van der Waals surface area (Å²) >= 11 is 0. The molecule has 1 aromatic rings. The van der Waals surface area contributed by atoms with Gasteiger partial charge in [0.25, 0.3) is 0 Å². The highest BCUT2D eigenvalue weighted by atomic mass is 16.5. The van der Waals surface area contributed by atoms with E-state index in [1.165, 1.54) is 0 Å². The van der Waals surface area contributed by atoms with Gasteiger partial charge in [0.15, 0.2) is 0 Å². The van der Waals surface area contributed by atoms with Crippen molar-refractivity contribution in [3.8, 4) is 0 Å². The van der Waals surface area contributed by atoms with Gasteiger partial charge in [0.2, 0.25) is 0 Å². The third-order valence-corrected chi connectivity index (χ3v) is 4.00. The summed E-state index contributed by atoms with van der Waals surface area (Å²) in [6, 6.07) is 0.0694. The predicted octanol–water partition coefficient (Wildman–Crippen LogP) is 1.65. The van der Waals surface area contributed by atoms with Crippen LogP contribution in [0.5, 0.6) is 0 Å². The second-order valence-corrected chi connectivity index (χ2v) is 6.20. The number of H-pyrrole nitrogens is 1. The minimum Gasteiger partial charge on any atom is -0.373 e. The van der Waals surface area contributed by atoms with E-state index >= 15 is 0 Å². The number of amides is 2. The molecular formula is C15H27N5O2. The highest BCUT2D eigenvalue weighted by Crippen LogP contribution is 2.16. The lowest BCUT2D eigenvalue weighted by Crippen LogP contribution is -2.52. The van der Waals surface area contributed by atoms with Crippen LogP contribution in [0.25, 0.3) is 0 Å². The molecule has 22 heavy (non-hydrogen) atoms. The Hall–Kier alpha value is -1.60. The van der Waals surface area contributed by atoms with Gasteiger partial charge in [0, 0.05) is 25.7 Å². The van der Waals surface area contributed by atoms with E-state index in [2.05, 4.69) is 46.5 Å². The van der Waals surface area contributed by atoms with Crippen molar-refractivity contribution in [1.29, 1.82) is 0 Å². The largest absolute Gasteiger partial charge is 0.373 e. The van der Waals surface area contributed by atoms with Crippen LogP contribution >= 0.6 is 0 Å². The lowest BCUT2D eigenvalue weighted by Gasteiger charge is -2.38. The number of urea groups is 1. The number of aromatic nitrogens is 2. The van der Waals surface area contributed by atoms with Crippen molar-refractivity contribution in [3.63, 3.8) is 0 Å². The predicted molar refractivity (Wildman–Crippen MR) is 86.1 cm³/mol. The molecule has 0 aliphatic carbocycles. The van der Waals surface area contributed by atoms with E-state index in [4.69, 9.17) is 4.74 Å². The molecule has 0 spiro atoms. The van der Waals surface area contributed by atoms with Gasteiger partial charge in [0.1, 0.15) is 0 Å². The molecule has 7 nitrogen and oxygen atoms in total. The number of morpholine rings is 1. The highest BCUT2D eigenvalue weighted by Gasteiger charge is 2.25. The van der Waals surface area contributed by atoms with Crippen molar-refractivity contribution in [2.45, 2.75) is 52.9 Å². The number of rotatable bonds is 4. The number of aromatic amines is 1. The Balaban J connectivity index is 1.80. The molecule has 2 amide bonds. The summed E-state index contributed by atoms with van der Waals surface area (Å²) in [6.07, 6.45) is 0.465. The maximum absolute atomic E-state index is 12.0. The summed E-state index contributed by atoms with van der Waals surface area (Å²) in [5, 5.41) is 12.7. The van der Waals surface area contributed by atoms with Crippen LogP contribution in [-0.4, -0.2) is 59.0 Å². The van der Waals surface area contributed by atoms with Crippen molar-refractivity contribution in [2.75, 3.05) is 25.0 Å². The normalized spacial score (nSPS) is 24.0. The van der Waals surface area contributed by atoms with Crippen molar-refractivity contribution in [1.82, 2.24) is 20.4 Å². The van der Waals surface area contributed by atoms with E-state index in [0.717, 1.165) is 30.2 Å². The average molecular weight is 309 g/mol. The zero-order chi connectivity index (χ0) is 16.3. The molecule has 1 aliphatic rings. The van der Waals surface area contributed by atoms with E-state index in [9.17, 15) is 4.79 Å². The van der Waals surface area contributed by atoms with Crippen LogP contribution in [0.2, 0.25) is 0 Å². The van der Waals surface area contributed by atoms with Crippen molar-refractivity contribution < 1.29 is 9.53 Å². The maximum atomic E-state index is 12.0. The van der Waals surface area contributed by atoms with E-state index in [1.807, 2.05) is 13.8 Å². The Bertz CT molecular complexity index is 487. The van der Waals surface area contributed by atoms with Crippen LogP contribution in [-0.2, 0) is 4.74 Å². The number of carbonyl (C=O) groups is 1. The lowest BCUT2D eigenvalue weighted by atomic mass is 10.2. The number of hydrogen-bond acceptors (Lipinski definition) is 4. The molecule has 1 fully saturated rings. The molecule has 2 heterocycles. The summed E-state index contributed by atoms with van der Waals surface area (Å²) in [7, 11) is 0. The third-order valence-electron chi connectivity index (χ3n) is 4.00. The summed E-state index contributed by atoms with van der Waals surface area (Å²) < 4.78 is 5.74. The van der Waals surface area contributed by atoms with E-state index in [-0.39, 0.29) is 24.3 Å². The topological polar surface area (TPSA) is 82.3 Å². The first kappa shape index (κ1) is 16.8. The monoisotopic (exact) mass is 309 g/mol. The van der Waals surface area contributed by atoms with Crippen molar-refractivity contribution >= 4 is 11.7 Å². The SMILES string of the molecule is Cc1n[nH]c(C)c1NC(=O)NC[C@@H](C)N1C[C@@H](C)O[C@@H](C)C1. The highest BCUT2D eigenvalue weighted by molar-refractivity contribution is 5.90. The Morgan fingerprint density at radius 1 is 1.41 bits per heavy atom. The molecule has 3 atom stereocenters. The van der Waals surface area contributed by atoms with Gasteiger partial charge in [-0.3, -0.25) is 10.00 Å². The Kier molecular flexibility index (Phi) is 5.42. The molecule has 0 radical (unpaired) electrons. The molecule has 124 valence electrons. The molecule has 1 aromatic heterocycles. The van der Waals surface area contributed by atoms with Crippen molar-refractivity contribution in [3.05, 3.63) is 11.4 Å². The first-order chi connectivity index (χ1) is 10.4. The minimum atomic E-state index is -0.200. The maximum Gasteiger partial charge on any atom is 0.319 e. The quantitative estimate of drug-likeness (QED) is 0.790. The van der Waals surface area contributed by atoms with Gasteiger partial charge in [-0.25, -0.2) is 4.79 Å². The summed E-state index contributed by atoms with van der Waals surface area (Å²) in [5.41, 5.74) is 2.40. The average Bonchev–Trinajstić information content (AvgIpc) is 2.75. The molecule has 7 heteroatoms. The molecule has 0 aromatic carbocycles. The van der Waals surface area contributed by atoms with Crippen LogP contribution in [0, 0.1) is 13.8 Å². The first-order valence-electron chi connectivity index (χ1n) is 7.82. The van der Waals surface area contributed by atoms with E-state index < -0.39 is 0 Å². The van der Waals surface area contributed by atoms with Crippen LogP contribution in [0.4, 0.5) is 10.5 Å². The number of anilines is 1. The summed E-state index contributed by atoms with van der Waals surface area (Å²) in [4.78, 5) is 14.4. The second kappa shape index (κ2) is 7.11. The van der Waals surface area contributed by atoms with Crippen LogP contribution in [0.3, 0.4) is 0 Å². The number of nitrogens with one attached hydrogen (secondary N) is 3. The van der Waals surface area contributed by atoms with Gasteiger partial charge in [-0.05, 0) is 34.6 Å². The summed E-state index contributed by atoms with van der Waals surface area (Å²) in [6.45, 7) is 12.4. The fourth-order valence-corrected chi connectivity index (χ4v) is 2.84. The van der Waals surface area contributed by atoms with Crippen LogP contribution in [0.1, 0.15) is 32.2 Å². The number of carbonyl (C=O) groups excluding carboxylic acids is 1. The van der Waals surface area contributed by atoms with E-state index in [0.29, 0.717) is 6.54 Å². The Morgan fingerprint density at radius 3 is 2.59 bits per heavy atom. The van der Waals surface area contributed by atoms with Gasteiger partial charge in [0.05, 0.1) is 29.3 Å². The molecule has 0 saturated carbocycles. The van der Waals surface area contributed by atoms with Gasteiger partial charge in [-0.15, -0.1) is 0 Å². The molecule has 2 rings (SSSR count). The minimum absolute atomic E-state index is 0.200. The van der Waals surface area contributed by atoms with Gasteiger partial charge >= 0.3 is 6.03 Å². The van der Waals surface area contributed by atoms with E-state index in [1.54, 1.807) is 0 Å². The third kappa shape index (κ3) is 4.20. The van der Waals surface area contributed by atoms with Gasteiger partial charge in [-0.2, -0.15) is 5.10 Å². The second-order valence-electron chi connectivity index (χ2n) is 6.20. The zero-order valence-electron chi connectivity index (χ0n) is 14.1. The number of nitrogens with zero attached hydrogens (tertiary/aromatic N) is 2. The van der Waals surface area contributed by atoms with Gasteiger partial charge < -0.3 is 15.4 Å². The zero-order valence-corrected chi connectivity index (χ0v) is 14.1. The molecule has 1 saturated heterocycles. The molecule has 3 N–H and O–H groups in total. The molecule has 0 bridgehead atoms. The lowest BCUT2D eigenvalue weighted by molar-refractivity contribution is -0.0777. The van der Waals surface area contributed by atoms with Gasteiger partial charge in [-0.1, -0.05) is 0 Å². The van der Waals surface area contributed by atoms with Crippen LogP contribution in [0.15, 0.2) is 0 Å². The standard InChI is InChI=1S/C15H27N5O2/c1-9(20-7-10(2)22-11(3)8-20)6-16-15(21)17-14-12(4)18-19-13(14)5/h9-11H,6-8H2,1-5H3,(H,18,19)(H2,16,17,21)/t9-,10-,11+/m1/s1. The Labute approximate surface area is 131 Å². The first-order valence-corrected chi connectivity index (χ1v) is 7.82. The summed E-state index contributed by atoms with van der Waals surface area (Å²) in [5.74, 6) is 0. The van der Waals surface area contributed by atoms with Crippen molar-refractivity contribution in [2.24, 2.45) is 0 Å². The fourth-order valence-electron chi connectivity index (χ4n) is 2.84. The van der Waals surface area contributed by atoms with Crippen LogP contribution < -0.4 is 10.6 Å². The number of ether oxygens (including phenoxy) is 1. The molecular weight excluding hydrogens is 282 g/mol. The molecule has 0 unspecified atom stereocenters. The fraction of sp³-hybridized carbons (Fsp3) is 0.733.